The molecule has 0 fully saturated rings. The monoisotopic (exact) mass is 294 g/mol. The smallest absolute Gasteiger partial charge is 0.253 e. The summed E-state index contributed by atoms with van der Waals surface area (Å²) >= 11 is 7.55. The molecular weight excluding hydrogens is 286 g/mol. The molecule has 0 spiro atoms. The molecule has 1 rings (SSSR count). The molecule has 1 aromatic rings. The molecule has 0 radical (unpaired) electrons. The van der Waals surface area contributed by atoms with Crippen molar-refractivity contribution in [3.8, 4) is 0 Å². The number of carbonyl (C=O) groups excluding carboxylic acids is 1. The van der Waals surface area contributed by atoms with Gasteiger partial charge in [-0.2, -0.15) is 0 Å². The van der Waals surface area contributed by atoms with Crippen molar-refractivity contribution < 1.29 is 4.79 Å². The van der Waals surface area contributed by atoms with Crippen LogP contribution in [0.25, 0.3) is 0 Å². The van der Waals surface area contributed by atoms with Gasteiger partial charge in [0.05, 0.1) is 5.56 Å². The minimum Gasteiger partial charge on any atom is -0.276 e. The summed E-state index contributed by atoms with van der Waals surface area (Å²) in [4.78, 5) is 11.0. The van der Waals surface area contributed by atoms with Gasteiger partial charge in [0.25, 0.3) is 5.24 Å². The molecule has 0 atom stereocenters. The Hall–Kier alpha value is -0.0900. The van der Waals surface area contributed by atoms with E-state index in [2.05, 4.69) is 22.6 Å². The summed E-state index contributed by atoms with van der Waals surface area (Å²) in [6.45, 7) is 3.88. The summed E-state index contributed by atoms with van der Waals surface area (Å²) in [6, 6.07) is 3.89. The number of benzene rings is 1. The topological polar surface area (TPSA) is 17.1 Å². The normalized spacial score (nSPS) is 10.0. The molecule has 0 saturated carbocycles. The van der Waals surface area contributed by atoms with E-state index < -0.39 is 0 Å². The lowest BCUT2D eigenvalue weighted by molar-refractivity contribution is 0.108. The largest absolute Gasteiger partial charge is 0.276 e. The molecule has 3 heteroatoms. The van der Waals surface area contributed by atoms with Crippen LogP contribution < -0.4 is 0 Å². The second-order valence-corrected chi connectivity index (χ2v) is 4.14. The fraction of sp³-hybridized carbons (Fsp3) is 0.222. The van der Waals surface area contributed by atoms with E-state index in [1.807, 2.05) is 26.0 Å². The molecule has 0 bridgehead atoms. The van der Waals surface area contributed by atoms with Crippen LogP contribution >= 0.6 is 34.2 Å². The van der Waals surface area contributed by atoms with Crippen molar-refractivity contribution in [2.75, 3.05) is 0 Å². The van der Waals surface area contributed by atoms with Crippen molar-refractivity contribution in [2.24, 2.45) is 0 Å². The van der Waals surface area contributed by atoms with Gasteiger partial charge in [-0.1, -0.05) is 6.07 Å². The van der Waals surface area contributed by atoms with Gasteiger partial charge in [-0.15, -0.1) is 0 Å². The second-order valence-electron chi connectivity index (χ2n) is 2.64. The first-order valence-corrected chi connectivity index (χ1v) is 4.95. The summed E-state index contributed by atoms with van der Waals surface area (Å²) in [7, 11) is 0. The first-order chi connectivity index (χ1) is 5.54. The van der Waals surface area contributed by atoms with Crippen molar-refractivity contribution in [2.45, 2.75) is 13.8 Å². The Morgan fingerprint density at radius 2 is 2.00 bits per heavy atom. The van der Waals surface area contributed by atoms with Crippen LogP contribution in [-0.2, 0) is 0 Å². The standard InChI is InChI=1S/C9H8ClIO/c1-5-3-4-7(11)8(6(5)2)9(10)12/h3-4H,1-2H3. The highest BCUT2D eigenvalue weighted by Crippen LogP contribution is 2.21. The van der Waals surface area contributed by atoms with Crippen LogP contribution in [0.1, 0.15) is 21.5 Å². The number of halogens is 2. The van der Waals surface area contributed by atoms with Crippen molar-refractivity contribution in [3.05, 3.63) is 32.4 Å². The average Bonchev–Trinajstić information content (AvgIpc) is 1.97. The molecule has 64 valence electrons. The first kappa shape index (κ1) is 9.99. The van der Waals surface area contributed by atoms with E-state index >= 15 is 0 Å². The molecule has 0 heterocycles. The zero-order valence-electron chi connectivity index (χ0n) is 6.82. The van der Waals surface area contributed by atoms with Gasteiger partial charge < -0.3 is 0 Å². The lowest BCUT2D eigenvalue weighted by Gasteiger charge is -2.06. The number of hydrogen-bond acceptors (Lipinski definition) is 1. The Labute approximate surface area is 90.3 Å². The van der Waals surface area contributed by atoms with Crippen molar-refractivity contribution >= 4 is 39.4 Å². The van der Waals surface area contributed by atoms with Gasteiger partial charge in [0.2, 0.25) is 0 Å². The fourth-order valence-corrected chi connectivity index (χ4v) is 2.26. The summed E-state index contributed by atoms with van der Waals surface area (Å²) in [5.74, 6) is 0. The number of hydrogen-bond donors (Lipinski definition) is 0. The molecule has 1 aromatic carbocycles. The number of carbonyl (C=O) groups is 1. The van der Waals surface area contributed by atoms with Crippen LogP contribution in [0.4, 0.5) is 0 Å². The Morgan fingerprint density at radius 3 is 2.42 bits per heavy atom. The highest BCUT2D eigenvalue weighted by molar-refractivity contribution is 14.1. The molecule has 0 saturated heterocycles. The van der Waals surface area contributed by atoms with E-state index in [0.717, 1.165) is 14.7 Å². The van der Waals surface area contributed by atoms with Gasteiger partial charge in [-0.05, 0) is 65.2 Å². The molecule has 0 aromatic heterocycles. The summed E-state index contributed by atoms with van der Waals surface area (Å²) < 4.78 is 0.913. The number of aryl methyl sites for hydroxylation is 1. The molecule has 0 aliphatic rings. The van der Waals surface area contributed by atoms with Crippen molar-refractivity contribution in [3.63, 3.8) is 0 Å². The van der Waals surface area contributed by atoms with Gasteiger partial charge in [0.1, 0.15) is 0 Å². The molecule has 1 nitrogen and oxygen atoms in total. The SMILES string of the molecule is Cc1ccc(I)c(C(=O)Cl)c1C. The second kappa shape index (κ2) is 3.75. The summed E-state index contributed by atoms with van der Waals surface area (Å²) in [5, 5.41) is -0.374. The van der Waals surface area contributed by atoms with Gasteiger partial charge in [0, 0.05) is 3.57 Å². The van der Waals surface area contributed by atoms with E-state index in [1.165, 1.54) is 0 Å². The van der Waals surface area contributed by atoms with Crippen LogP contribution in [0.15, 0.2) is 12.1 Å². The fourth-order valence-electron chi connectivity index (χ4n) is 1.02. The molecule has 0 aliphatic carbocycles. The third-order valence-corrected chi connectivity index (χ3v) is 2.97. The molecule has 12 heavy (non-hydrogen) atoms. The minimum atomic E-state index is -0.374. The van der Waals surface area contributed by atoms with Crippen molar-refractivity contribution in [1.29, 1.82) is 0 Å². The third-order valence-electron chi connectivity index (χ3n) is 1.88. The molecular formula is C9H8ClIO. The van der Waals surface area contributed by atoms with E-state index in [1.54, 1.807) is 0 Å². The maximum atomic E-state index is 11.0. The van der Waals surface area contributed by atoms with Gasteiger partial charge >= 0.3 is 0 Å². The molecule has 0 amide bonds. The summed E-state index contributed by atoms with van der Waals surface area (Å²) in [5.41, 5.74) is 2.71. The quantitative estimate of drug-likeness (QED) is 0.574. The third kappa shape index (κ3) is 1.80. The van der Waals surface area contributed by atoms with Gasteiger partial charge in [-0.25, -0.2) is 0 Å². The van der Waals surface area contributed by atoms with Crippen LogP contribution in [0.3, 0.4) is 0 Å². The first-order valence-electron chi connectivity index (χ1n) is 3.49. The molecule has 0 N–H and O–H groups in total. The van der Waals surface area contributed by atoms with E-state index in [9.17, 15) is 4.79 Å². The number of rotatable bonds is 1. The van der Waals surface area contributed by atoms with Gasteiger partial charge in [-0.3, -0.25) is 4.79 Å². The Balaban J connectivity index is 3.43. The Bertz CT molecular complexity index is 334. The maximum Gasteiger partial charge on any atom is 0.253 e. The highest BCUT2D eigenvalue weighted by Gasteiger charge is 2.11. The zero-order chi connectivity index (χ0) is 9.30. The van der Waals surface area contributed by atoms with Crippen LogP contribution in [0, 0.1) is 17.4 Å². The van der Waals surface area contributed by atoms with Crippen LogP contribution in [-0.4, -0.2) is 5.24 Å². The predicted octanol–water partition coefficient (Wildman–Crippen LogP) is 3.29. The molecule has 0 aliphatic heterocycles. The summed E-state index contributed by atoms with van der Waals surface area (Å²) in [6.07, 6.45) is 0. The Morgan fingerprint density at radius 1 is 1.42 bits per heavy atom. The van der Waals surface area contributed by atoms with E-state index in [-0.39, 0.29) is 5.24 Å². The lowest BCUT2D eigenvalue weighted by Crippen LogP contribution is -1.99. The minimum absolute atomic E-state index is 0.374. The van der Waals surface area contributed by atoms with E-state index in [4.69, 9.17) is 11.6 Å². The zero-order valence-corrected chi connectivity index (χ0v) is 9.73. The van der Waals surface area contributed by atoms with Gasteiger partial charge in [0.15, 0.2) is 0 Å². The van der Waals surface area contributed by atoms with Crippen molar-refractivity contribution in [1.82, 2.24) is 0 Å². The van der Waals surface area contributed by atoms with Crippen LogP contribution in [0.2, 0.25) is 0 Å². The lowest BCUT2D eigenvalue weighted by atomic mass is 10.0. The predicted molar refractivity (Wildman–Crippen MR) is 58.8 cm³/mol. The average molecular weight is 295 g/mol. The Kier molecular flexibility index (Phi) is 3.12. The van der Waals surface area contributed by atoms with E-state index in [0.29, 0.717) is 5.56 Å². The maximum absolute atomic E-state index is 11.0. The highest BCUT2D eigenvalue weighted by atomic mass is 127. The van der Waals surface area contributed by atoms with Crippen LogP contribution in [0.5, 0.6) is 0 Å². The molecule has 0 unspecified atom stereocenters.